The van der Waals surface area contributed by atoms with Crippen LogP contribution in [0, 0.1) is 17.2 Å². The molecule has 100 valence electrons. The zero-order chi connectivity index (χ0) is 13.1. The standard InChI is InChI=1S/C12H20N4OS/c1-10(18)14-4-6-15(7-5-14)12(17)16-3-2-11(8-13)9-16/h10-11,18H,2-7,9H2,1H3. The van der Waals surface area contributed by atoms with E-state index in [0.717, 1.165) is 39.1 Å². The number of amides is 2. The Balaban J connectivity index is 1.83. The Bertz CT molecular complexity index is 346. The molecular formula is C12H20N4OS. The lowest BCUT2D eigenvalue weighted by Crippen LogP contribution is -2.53. The molecule has 5 nitrogen and oxygen atoms in total. The highest BCUT2D eigenvalue weighted by Crippen LogP contribution is 2.18. The lowest BCUT2D eigenvalue weighted by atomic mass is 10.1. The summed E-state index contributed by atoms with van der Waals surface area (Å²) in [6.45, 7) is 6.66. The minimum absolute atomic E-state index is 0.0210. The maximum atomic E-state index is 12.2. The molecule has 0 saturated carbocycles. The predicted molar refractivity (Wildman–Crippen MR) is 72.3 cm³/mol. The van der Waals surface area contributed by atoms with Crippen molar-refractivity contribution in [2.75, 3.05) is 39.3 Å². The molecule has 2 heterocycles. The fourth-order valence-electron chi connectivity index (χ4n) is 2.53. The summed E-state index contributed by atoms with van der Waals surface area (Å²) in [7, 11) is 0. The number of thiol groups is 1. The van der Waals surface area contributed by atoms with Gasteiger partial charge < -0.3 is 9.80 Å². The maximum absolute atomic E-state index is 12.2. The molecule has 6 heteroatoms. The Morgan fingerprint density at radius 1 is 1.28 bits per heavy atom. The van der Waals surface area contributed by atoms with Crippen molar-refractivity contribution in [1.82, 2.24) is 14.7 Å². The van der Waals surface area contributed by atoms with E-state index >= 15 is 0 Å². The van der Waals surface area contributed by atoms with Gasteiger partial charge in [-0.3, -0.25) is 4.90 Å². The molecule has 18 heavy (non-hydrogen) atoms. The van der Waals surface area contributed by atoms with Crippen LogP contribution in [0.2, 0.25) is 0 Å². The summed E-state index contributed by atoms with van der Waals surface area (Å²) in [6.07, 6.45) is 0.815. The Morgan fingerprint density at radius 3 is 2.44 bits per heavy atom. The third-order valence-electron chi connectivity index (χ3n) is 3.75. The van der Waals surface area contributed by atoms with Crippen LogP contribution in [-0.4, -0.2) is 65.4 Å². The molecule has 0 aromatic carbocycles. The van der Waals surface area contributed by atoms with Gasteiger partial charge in [-0.05, 0) is 13.3 Å². The van der Waals surface area contributed by atoms with E-state index in [9.17, 15) is 4.79 Å². The molecule has 2 unspecified atom stereocenters. The molecule has 2 rings (SSSR count). The highest BCUT2D eigenvalue weighted by Gasteiger charge is 2.31. The normalized spacial score (nSPS) is 27.1. The third-order valence-corrected chi connectivity index (χ3v) is 4.08. The Morgan fingerprint density at radius 2 is 1.94 bits per heavy atom. The van der Waals surface area contributed by atoms with Crippen molar-refractivity contribution in [2.45, 2.75) is 18.7 Å². The van der Waals surface area contributed by atoms with E-state index < -0.39 is 0 Å². The number of carbonyl (C=O) groups excluding carboxylic acids is 1. The van der Waals surface area contributed by atoms with Gasteiger partial charge in [0.2, 0.25) is 0 Å². The van der Waals surface area contributed by atoms with Crippen LogP contribution in [0.1, 0.15) is 13.3 Å². The number of rotatable bonds is 1. The highest BCUT2D eigenvalue weighted by molar-refractivity contribution is 7.80. The van der Waals surface area contributed by atoms with Crippen LogP contribution >= 0.6 is 12.6 Å². The van der Waals surface area contributed by atoms with Crippen molar-refractivity contribution in [1.29, 1.82) is 5.26 Å². The lowest BCUT2D eigenvalue weighted by molar-refractivity contribution is 0.115. The Kier molecular flexibility index (Phi) is 4.36. The number of carbonyl (C=O) groups is 1. The Hall–Kier alpha value is -0.930. The summed E-state index contributed by atoms with van der Waals surface area (Å²) in [6, 6.07) is 2.34. The molecule has 2 atom stereocenters. The van der Waals surface area contributed by atoms with Gasteiger partial charge in [-0.2, -0.15) is 17.9 Å². The molecule has 2 amide bonds. The van der Waals surface area contributed by atoms with Crippen LogP contribution < -0.4 is 0 Å². The van der Waals surface area contributed by atoms with Gasteiger partial charge in [-0.25, -0.2) is 4.79 Å². The molecule has 2 aliphatic heterocycles. The molecule has 0 aromatic heterocycles. The van der Waals surface area contributed by atoms with E-state index in [0.29, 0.717) is 6.54 Å². The van der Waals surface area contributed by atoms with Crippen LogP contribution in [0.5, 0.6) is 0 Å². The van der Waals surface area contributed by atoms with Crippen LogP contribution in [0.3, 0.4) is 0 Å². The molecule has 0 radical (unpaired) electrons. The minimum Gasteiger partial charge on any atom is -0.323 e. The van der Waals surface area contributed by atoms with E-state index in [1.807, 2.05) is 9.80 Å². The van der Waals surface area contributed by atoms with Gasteiger partial charge in [0.15, 0.2) is 0 Å². The molecule has 2 saturated heterocycles. The zero-order valence-electron chi connectivity index (χ0n) is 10.7. The van der Waals surface area contributed by atoms with Crippen molar-refractivity contribution in [3.8, 4) is 6.07 Å². The van der Waals surface area contributed by atoms with Crippen LogP contribution in [0.15, 0.2) is 0 Å². The van der Waals surface area contributed by atoms with Crippen LogP contribution in [-0.2, 0) is 0 Å². The van der Waals surface area contributed by atoms with Gasteiger partial charge in [0.25, 0.3) is 0 Å². The van der Waals surface area contributed by atoms with Crippen molar-refractivity contribution in [2.24, 2.45) is 5.92 Å². The quantitative estimate of drug-likeness (QED) is 0.717. The molecule has 0 aromatic rings. The smallest absolute Gasteiger partial charge is 0.320 e. The van der Waals surface area contributed by atoms with Gasteiger partial charge >= 0.3 is 6.03 Å². The second kappa shape index (κ2) is 5.81. The first kappa shape index (κ1) is 13.5. The van der Waals surface area contributed by atoms with E-state index in [1.54, 1.807) is 0 Å². The van der Waals surface area contributed by atoms with Crippen LogP contribution in [0.25, 0.3) is 0 Å². The molecule has 0 N–H and O–H groups in total. The second-order valence-corrected chi connectivity index (χ2v) is 5.75. The van der Waals surface area contributed by atoms with E-state index in [-0.39, 0.29) is 17.3 Å². The Labute approximate surface area is 114 Å². The first-order valence-corrected chi connectivity index (χ1v) is 6.99. The molecule has 0 spiro atoms. The summed E-state index contributed by atoms with van der Waals surface area (Å²) in [5, 5.41) is 9.10. The van der Waals surface area contributed by atoms with Crippen molar-refractivity contribution < 1.29 is 4.79 Å². The molecule has 2 aliphatic rings. The van der Waals surface area contributed by atoms with Gasteiger partial charge in [0.1, 0.15) is 0 Å². The number of nitrogens with zero attached hydrogens (tertiary/aromatic N) is 4. The van der Waals surface area contributed by atoms with Gasteiger partial charge in [0.05, 0.1) is 17.4 Å². The zero-order valence-corrected chi connectivity index (χ0v) is 11.6. The van der Waals surface area contributed by atoms with Crippen molar-refractivity contribution >= 4 is 18.7 Å². The summed E-state index contributed by atoms with van der Waals surface area (Å²) >= 11 is 4.41. The molecule has 0 aliphatic carbocycles. The molecule has 0 bridgehead atoms. The topological polar surface area (TPSA) is 50.6 Å². The molecular weight excluding hydrogens is 248 g/mol. The minimum atomic E-state index is 0.0210. The number of hydrogen-bond acceptors (Lipinski definition) is 4. The van der Waals surface area contributed by atoms with Gasteiger partial charge in [-0.15, -0.1) is 0 Å². The van der Waals surface area contributed by atoms with E-state index in [1.165, 1.54) is 0 Å². The SMILES string of the molecule is CC(S)N1CCN(C(=O)N2CCC(C#N)C2)CC1. The number of hydrogen-bond donors (Lipinski definition) is 1. The average Bonchev–Trinajstić information content (AvgIpc) is 2.86. The number of nitriles is 1. The monoisotopic (exact) mass is 268 g/mol. The summed E-state index contributed by atoms with van der Waals surface area (Å²) in [5.74, 6) is 0.0210. The number of urea groups is 1. The van der Waals surface area contributed by atoms with Gasteiger partial charge in [0, 0.05) is 39.3 Å². The van der Waals surface area contributed by atoms with Crippen LogP contribution in [0.4, 0.5) is 4.79 Å². The van der Waals surface area contributed by atoms with Crippen molar-refractivity contribution in [3.05, 3.63) is 0 Å². The highest BCUT2D eigenvalue weighted by atomic mass is 32.1. The largest absolute Gasteiger partial charge is 0.323 e. The number of piperazine rings is 1. The van der Waals surface area contributed by atoms with Gasteiger partial charge in [-0.1, -0.05) is 0 Å². The molecule has 2 fully saturated rings. The lowest BCUT2D eigenvalue weighted by Gasteiger charge is -2.38. The summed E-state index contributed by atoms with van der Waals surface area (Å²) in [5.41, 5.74) is 0. The van der Waals surface area contributed by atoms with E-state index in [2.05, 4.69) is 30.5 Å². The first-order chi connectivity index (χ1) is 8.61. The summed E-state index contributed by atoms with van der Waals surface area (Å²) in [4.78, 5) is 18.2. The number of likely N-dealkylation sites (tertiary alicyclic amines) is 1. The van der Waals surface area contributed by atoms with Crippen molar-refractivity contribution in [3.63, 3.8) is 0 Å². The predicted octanol–water partition coefficient (Wildman–Crippen LogP) is 0.845. The average molecular weight is 268 g/mol. The maximum Gasteiger partial charge on any atom is 0.320 e. The fraction of sp³-hybridized carbons (Fsp3) is 0.833. The third kappa shape index (κ3) is 2.90. The second-order valence-electron chi connectivity index (χ2n) is 5.00. The first-order valence-electron chi connectivity index (χ1n) is 6.47. The fourth-order valence-corrected chi connectivity index (χ4v) is 2.76. The summed E-state index contributed by atoms with van der Waals surface area (Å²) < 4.78 is 0. The van der Waals surface area contributed by atoms with E-state index in [4.69, 9.17) is 5.26 Å².